The van der Waals surface area contributed by atoms with Gasteiger partial charge < -0.3 is 10.4 Å². The summed E-state index contributed by atoms with van der Waals surface area (Å²) in [5.41, 5.74) is 2.43. The van der Waals surface area contributed by atoms with Gasteiger partial charge in [0.1, 0.15) is 5.25 Å². The van der Waals surface area contributed by atoms with E-state index in [2.05, 4.69) is 11.4 Å². The van der Waals surface area contributed by atoms with Crippen molar-refractivity contribution in [3.63, 3.8) is 0 Å². The van der Waals surface area contributed by atoms with E-state index in [1.807, 2.05) is 18.2 Å². The number of thioether (sulfide) groups is 1. The average Bonchev–Trinajstić information content (AvgIpc) is 2.37. The largest absolute Gasteiger partial charge is 0.393 e. The lowest BCUT2D eigenvalue weighted by Gasteiger charge is -2.24. The summed E-state index contributed by atoms with van der Waals surface area (Å²) in [5, 5.41) is 12.0. The maximum Gasteiger partial charge on any atom is 0.237 e. The minimum Gasteiger partial charge on any atom is -0.393 e. The summed E-state index contributed by atoms with van der Waals surface area (Å²) in [5.74, 6) is 1.05. The normalized spacial score (nSPS) is 20.0. The van der Waals surface area contributed by atoms with Gasteiger partial charge in [-0.2, -0.15) is 0 Å². The molecule has 2 atom stereocenters. The molecule has 1 aliphatic rings. The summed E-state index contributed by atoms with van der Waals surface area (Å²) >= 11 is 1.70. The molecule has 0 saturated carbocycles. The van der Waals surface area contributed by atoms with Gasteiger partial charge in [-0.25, -0.2) is 0 Å². The number of aliphatic hydroxyl groups is 1. The topological polar surface area (TPSA) is 49.3 Å². The van der Waals surface area contributed by atoms with Gasteiger partial charge in [-0.1, -0.05) is 24.3 Å². The number of carbonyl (C=O) groups excluding carboxylic acids is 1. The van der Waals surface area contributed by atoms with Crippen LogP contribution in [0.1, 0.15) is 29.7 Å². The van der Waals surface area contributed by atoms with Gasteiger partial charge >= 0.3 is 0 Å². The zero-order valence-corrected chi connectivity index (χ0v) is 11.4. The van der Waals surface area contributed by atoms with Crippen LogP contribution >= 0.6 is 11.8 Å². The molecule has 1 aromatic rings. The Kier molecular flexibility index (Phi) is 4.66. The second-order valence-corrected chi connectivity index (χ2v) is 5.84. The molecule has 0 bridgehead atoms. The third-order valence-electron chi connectivity index (χ3n) is 3.09. The Hall–Kier alpha value is -1.00. The molecule has 1 aliphatic heterocycles. The number of rotatable bonds is 4. The molecule has 1 heterocycles. The van der Waals surface area contributed by atoms with Crippen molar-refractivity contribution in [2.75, 3.05) is 12.3 Å². The second kappa shape index (κ2) is 6.25. The van der Waals surface area contributed by atoms with Gasteiger partial charge in [0.25, 0.3) is 0 Å². The molecule has 1 aromatic carbocycles. The van der Waals surface area contributed by atoms with Gasteiger partial charge in [-0.15, -0.1) is 11.8 Å². The first-order valence-electron chi connectivity index (χ1n) is 6.33. The number of nitrogens with one attached hydrogen (secondary N) is 1. The van der Waals surface area contributed by atoms with Crippen LogP contribution in [0.3, 0.4) is 0 Å². The molecule has 4 heteroatoms. The molecular formula is C14H19NO2S. The zero-order chi connectivity index (χ0) is 13.0. The fourth-order valence-electron chi connectivity index (χ4n) is 2.11. The number of hydrogen-bond donors (Lipinski definition) is 2. The van der Waals surface area contributed by atoms with Crippen molar-refractivity contribution in [3.05, 3.63) is 35.4 Å². The Morgan fingerprint density at radius 3 is 3.11 bits per heavy atom. The van der Waals surface area contributed by atoms with Crippen LogP contribution in [0.5, 0.6) is 0 Å². The quantitative estimate of drug-likeness (QED) is 0.874. The first-order chi connectivity index (χ1) is 8.68. The minimum atomic E-state index is -0.364. The predicted molar refractivity (Wildman–Crippen MR) is 74.7 cm³/mol. The number of hydrogen-bond acceptors (Lipinski definition) is 3. The Balaban J connectivity index is 1.99. The summed E-state index contributed by atoms with van der Waals surface area (Å²) in [6, 6.07) is 8.16. The van der Waals surface area contributed by atoms with Crippen molar-refractivity contribution >= 4 is 17.7 Å². The van der Waals surface area contributed by atoms with E-state index in [4.69, 9.17) is 0 Å². The molecule has 0 aromatic heterocycles. The van der Waals surface area contributed by atoms with E-state index >= 15 is 0 Å². The maximum absolute atomic E-state index is 12.1. The van der Waals surface area contributed by atoms with E-state index in [9.17, 15) is 9.90 Å². The van der Waals surface area contributed by atoms with Gasteiger partial charge in [-0.3, -0.25) is 4.79 Å². The Morgan fingerprint density at radius 2 is 2.33 bits per heavy atom. The Morgan fingerprint density at radius 1 is 1.56 bits per heavy atom. The van der Waals surface area contributed by atoms with Gasteiger partial charge in [0.2, 0.25) is 5.91 Å². The first-order valence-corrected chi connectivity index (χ1v) is 7.38. The molecule has 1 amide bonds. The number of fused-ring (bicyclic) bond motifs is 1. The van der Waals surface area contributed by atoms with Gasteiger partial charge in [0.05, 0.1) is 6.10 Å². The average molecular weight is 265 g/mol. The highest BCUT2D eigenvalue weighted by Gasteiger charge is 2.26. The molecule has 0 spiro atoms. The van der Waals surface area contributed by atoms with Crippen LogP contribution in [0.2, 0.25) is 0 Å². The molecule has 0 fully saturated rings. The lowest BCUT2D eigenvalue weighted by atomic mass is 10.0. The molecule has 3 nitrogen and oxygen atoms in total. The lowest BCUT2D eigenvalue weighted by molar-refractivity contribution is -0.120. The molecule has 98 valence electrons. The highest BCUT2D eigenvalue weighted by molar-refractivity contribution is 8.00. The van der Waals surface area contributed by atoms with Crippen LogP contribution in [0.15, 0.2) is 24.3 Å². The Bertz CT molecular complexity index is 420. The molecule has 2 unspecified atom stereocenters. The summed E-state index contributed by atoms with van der Waals surface area (Å²) in [6.07, 6.45) is 1.28. The molecule has 2 N–H and O–H groups in total. The molecule has 2 rings (SSSR count). The van der Waals surface area contributed by atoms with Gasteiger partial charge in [-0.05, 0) is 36.6 Å². The predicted octanol–water partition coefficient (Wildman–Crippen LogP) is 1.90. The maximum atomic E-state index is 12.1. The third-order valence-corrected chi connectivity index (χ3v) is 4.33. The van der Waals surface area contributed by atoms with Crippen molar-refractivity contribution in [1.29, 1.82) is 0 Å². The van der Waals surface area contributed by atoms with Crippen LogP contribution < -0.4 is 5.32 Å². The standard InChI is InChI=1S/C14H19NO2S/c1-10(16)6-8-15-14(17)13-12-5-3-2-4-11(12)7-9-18-13/h2-5,10,13,16H,6-9H2,1H3,(H,15,17). The molecule has 0 aliphatic carbocycles. The van der Waals surface area contributed by atoms with Crippen LogP contribution in [0, 0.1) is 0 Å². The smallest absolute Gasteiger partial charge is 0.237 e. The molecule has 0 radical (unpaired) electrons. The van der Waals surface area contributed by atoms with E-state index in [0.29, 0.717) is 13.0 Å². The highest BCUT2D eigenvalue weighted by Crippen LogP contribution is 2.36. The van der Waals surface area contributed by atoms with E-state index < -0.39 is 0 Å². The number of benzene rings is 1. The monoisotopic (exact) mass is 265 g/mol. The van der Waals surface area contributed by atoms with E-state index in [1.54, 1.807) is 18.7 Å². The summed E-state index contributed by atoms with van der Waals surface area (Å²) < 4.78 is 0. The van der Waals surface area contributed by atoms with E-state index in [0.717, 1.165) is 17.7 Å². The summed E-state index contributed by atoms with van der Waals surface area (Å²) in [4.78, 5) is 12.1. The van der Waals surface area contributed by atoms with Crippen LogP contribution in [-0.4, -0.2) is 29.4 Å². The third kappa shape index (κ3) is 3.27. The number of aliphatic hydroxyl groups excluding tert-OH is 1. The molecule has 18 heavy (non-hydrogen) atoms. The fraction of sp³-hybridized carbons (Fsp3) is 0.500. The summed E-state index contributed by atoms with van der Waals surface area (Å²) in [6.45, 7) is 2.27. The van der Waals surface area contributed by atoms with E-state index in [-0.39, 0.29) is 17.3 Å². The van der Waals surface area contributed by atoms with Crippen molar-refractivity contribution in [1.82, 2.24) is 5.32 Å². The number of carbonyl (C=O) groups is 1. The second-order valence-electron chi connectivity index (χ2n) is 4.63. The lowest BCUT2D eigenvalue weighted by Crippen LogP contribution is -2.32. The Labute approximate surface area is 112 Å². The van der Waals surface area contributed by atoms with Crippen molar-refractivity contribution in [2.45, 2.75) is 31.1 Å². The molecule has 0 saturated heterocycles. The van der Waals surface area contributed by atoms with Gasteiger partial charge in [0, 0.05) is 6.54 Å². The van der Waals surface area contributed by atoms with Crippen molar-refractivity contribution in [3.8, 4) is 0 Å². The number of amides is 1. The van der Waals surface area contributed by atoms with Crippen LogP contribution in [-0.2, 0) is 11.2 Å². The highest BCUT2D eigenvalue weighted by atomic mass is 32.2. The van der Waals surface area contributed by atoms with E-state index in [1.165, 1.54) is 5.56 Å². The first kappa shape index (κ1) is 13.4. The SMILES string of the molecule is CC(O)CCNC(=O)C1SCCc2ccccc21. The van der Waals surface area contributed by atoms with Gasteiger partial charge in [0.15, 0.2) is 0 Å². The minimum absolute atomic E-state index is 0.0628. The zero-order valence-electron chi connectivity index (χ0n) is 10.6. The van der Waals surface area contributed by atoms with Crippen LogP contribution in [0.25, 0.3) is 0 Å². The molecular weight excluding hydrogens is 246 g/mol. The van der Waals surface area contributed by atoms with Crippen molar-refractivity contribution in [2.24, 2.45) is 0 Å². The summed E-state index contributed by atoms with van der Waals surface area (Å²) in [7, 11) is 0. The fourth-order valence-corrected chi connectivity index (χ4v) is 3.33. The van der Waals surface area contributed by atoms with Crippen molar-refractivity contribution < 1.29 is 9.90 Å². The van der Waals surface area contributed by atoms with Crippen LogP contribution in [0.4, 0.5) is 0 Å². The number of aryl methyl sites for hydroxylation is 1.